The van der Waals surface area contributed by atoms with Gasteiger partial charge in [0.25, 0.3) is 11.5 Å². The summed E-state index contributed by atoms with van der Waals surface area (Å²) in [5, 5.41) is 11.9. The van der Waals surface area contributed by atoms with Crippen LogP contribution in [0.4, 0.5) is 5.69 Å². The summed E-state index contributed by atoms with van der Waals surface area (Å²) in [6.45, 7) is 1.77. The maximum Gasteiger partial charge on any atom is 0.337 e. The van der Waals surface area contributed by atoms with Gasteiger partial charge in [0.05, 0.1) is 11.3 Å². The van der Waals surface area contributed by atoms with E-state index in [0.29, 0.717) is 0 Å². The van der Waals surface area contributed by atoms with Gasteiger partial charge in [-0.2, -0.15) is 0 Å². The molecule has 0 atom stereocenters. The summed E-state index contributed by atoms with van der Waals surface area (Å²) in [6, 6.07) is 6.38. The SMILES string of the molecule is Cc1ccc(NC(=O)c2cc3c([nH]c2=O)CCCCC3)c(C(=O)O)c1. The first-order chi connectivity index (χ1) is 12.0. The van der Waals surface area contributed by atoms with E-state index in [-0.39, 0.29) is 16.8 Å². The summed E-state index contributed by atoms with van der Waals surface area (Å²) in [5.74, 6) is -1.73. The van der Waals surface area contributed by atoms with Crippen molar-refractivity contribution >= 4 is 17.6 Å². The van der Waals surface area contributed by atoms with E-state index in [9.17, 15) is 19.5 Å². The van der Waals surface area contributed by atoms with Crippen LogP contribution in [-0.2, 0) is 12.8 Å². The second kappa shape index (κ2) is 6.93. The van der Waals surface area contributed by atoms with Crippen molar-refractivity contribution in [1.29, 1.82) is 0 Å². The predicted octanol–water partition coefficient (Wildman–Crippen LogP) is 2.90. The average molecular weight is 340 g/mol. The predicted molar refractivity (Wildman–Crippen MR) is 94.4 cm³/mol. The first-order valence-corrected chi connectivity index (χ1v) is 8.36. The van der Waals surface area contributed by atoms with Gasteiger partial charge >= 0.3 is 5.97 Å². The van der Waals surface area contributed by atoms with E-state index in [0.717, 1.165) is 48.9 Å². The van der Waals surface area contributed by atoms with E-state index in [4.69, 9.17) is 0 Å². The van der Waals surface area contributed by atoms with Gasteiger partial charge in [-0.1, -0.05) is 18.1 Å². The van der Waals surface area contributed by atoms with Crippen LogP contribution in [0.5, 0.6) is 0 Å². The summed E-state index contributed by atoms with van der Waals surface area (Å²) in [4.78, 5) is 39.0. The van der Waals surface area contributed by atoms with Crippen LogP contribution in [0, 0.1) is 6.92 Å². The Bertz CT molecular complexity index is 899. The minimum atomic E-state index is -1.13. The van der Waals surface area contributed by atoms with Crippen molar-refractivity contribution in [2.45, 2.75) is 39.0 Å². The number of aromatic nitrogens is 1. The van der Waals surface area contributed by atoms with E-state index in [1.54, 1.807) is 19.1 Å². The van der Waals surface area contributed by atoms with Gasteiger partial charge in [0, 0.05) is 5.69 Å². The van der Waals surface area contributed by atoms with Crippen molar-refractivity contribution in [3.05, 3.63) is 62.6 Å². The molecule has 1 aromatic carbocycles. The molecule has 3 rings (SSSR count). The average Bonchev–Trinajstić information content (AvgIpc) is 2.80. The van der Waals surface area contributed by atoms with Crippen molar-refractivity contribution in [1.82, 2.24) is 4.98 Å². The van der Waals surface area contributed by atoms with E-state index >= 15 is 0 Å². The highest BCUT2D eigenvalue weighted by Gasteiger charge is 2.19. The first kappa shape index (κ1) is 17.0. The molecule has 0 saturated heterocycles. The second-order valence-corrected chi connectivity index (χ2v) is 6.38. The Hall–Kier alpha value is -2.89. The van der Waals surface area contributed by atoms with Crippen molar-refractivity contribution in [3.63, 3.8) is 0 Å². The summed E-state index contributed by atoms with van der Waals surface area (Å²) in [6.07, 6.45) is 4.80. The van der Waals surface area contributed by atoms with Crippen LogP contribution in [0.1, 0.15) is 56.8 Å². The molecule has 25 heavy (non-hydrogen) atoms. The number of carboxylic acid groups (broad SMARTS) is 1. The summed E-state index contributed by atoms with van der Waals surface area (Å²) < 4.78 is 0. The lowest BCUT2D eigenvalue weighted by atomic mass is 10.1. The fourth-order valence-electron chi connectivity index (χ4n) is 3.15. The van der Waals surface area contributed by atoms with Crippen molar-refractivity contribution in [2.75, 3.05) is 5.32 Å². The number of rotatable bonds is 3. The lowest BCUT2D eigenvalue weighted by Crippen LogP contribution is -2.25. The van der Waals surface area contributed by atoms with Gasteiger partial charge in [-0.25, -0.2) is 4.79 Å². The number of aryl methyl sites for hydroxylation is 3. The number of carboxylic acids is 1. The first-order valence-electron chi connectivity index (χ1n) is 8.36. The standard InChI is InChI=1S/C19H20N2O4/c1-11-7-8-16(13(9-11)19(24)25)21-18(23)14-10-12-5-3-2-4-6-15(12)20-17(14)22/h7-10H,2-6H2,1H3,(H,20,22)(H,21,23)(H,24,25). The van der Waals surface area contributed by atoms with Crippen molar-refractivity contribution in [2.24, 2.45) is 0 Å². The Morgan fingerprint density at radius 2 is 1.84 bits per heavy atom. The largest absolute Gasteiger partial charge is 0.478 e. The van der Waals surface area contributed by atoms with Crippen molar-refractivity contribution < 1.29 is 14.7 Å². The van der Waals surface area contributed by atoms with Crippen LogP contribution < -0.4 is 10.9 Å². The lowest BCUT2D eigenvalue weighted by Gasteiger charge is -2.11. The van der Waals surface area contributed by atoms with E-state index < -0.39 is 17.4 Å². The number of anilines is 1. The van der Waals surface area contributed by atoms with E-state index in [2.05, 4.69) is 10.3 Å². The van der Waals surface area contributed by atoms with Gasteiger partial charge in [-0.05, 0) is 56.4 Å². The zero-order chi connectivity index (χ0) is 18.0. The minimum absolute atomic E-state index is 0.000427. The molecule has 6 nitrogen and oxygen atoms in total. The molecule has 1 amide bonds. The number of carbonyl (C=O) groups excluding carboxylic acids is 1. The van der Waals surface area contributed by atoms with Crippen LogP contribution in [0.25, 0.3) is 0 Å². The molecule has 1 aliphatic carbocycles. The Morgan fingerprint density at radius 3 is 2.60 bits per heavy atom. The lowest BCUT2D eigenvalue weighted by molar-refractivity contribution is 0.0698. The van der Waals surface area contributed by atoms with Crippen LogP contribution in [0.3, 0.4) is 0 Å². The number of amides is 1. The Kier molecular flexibility index (Phi) is 4.70. The fourth-order valence-corrected chi connectivity index (χ4v) is 3.15. The summed E-state index contributed by atoms with van der Waals surface area (Å²) >= 11 is 0. The maximum atomic E-state index is 12.5. The van der Waals surface area contributed by atoms with Gasteiger partial charge in [0.1, 0.15) is 5.56 Å². The molecule has 2 aromatic rings. The number of aromatic amines is 1. The third-order valence-corrected chi connectivity index (χ3v) is 4.49. The molecule has 1 aromatic heterocycles. The van der Waals surface area contributed by atoms with Crippen molar-refractivity contribution in [3.8, 4) is 0 Å². The molecule has 1 aliphatic rings. The molecule has 130 valence electrons. The van der Waals surface area contributed by atoms with Gasteiger partial charge in [0.2, 0.25) is 0 Å². The zero-order valence-corrected chi connectivity index (χ0v) is 14.0. The molecule has 0 saturated carbocycles. The molecule has 6 heteroatoms. The van der Waals surface area contributed by atoms with Crippen LogP contribution in [0.15, 0.2) is 29.1 Å². The van der Waals surface area contributed by atoms with Gasteiger partial charge in [-0.3, -0.25) is 9.59 Å². The van der Waals surface area contributed by atoms with Gasteiger partial charge in [0.15, 0.2) is 0 Å². The number of pyridine rings is 1. The topological polar surface area (TPSA) is 99.3 Å². The van der Waals surface area contributed by atoms with Crippen LogP contribution in [0.2, 0.25) is 0 Å². The normalized spacial score (nSPS) is 13.6. The Balaban J connectivity index is 1.93. The monoisotopic (exact) mass is 340 g/mol. The Labute approximate surface area is 144 Å². The van der Waals surface area contributed by atoms with Crippen LogP contribution >= 0.6 is 0 Å². The second-order valence-electron chi connectivity index (χ2n) is 6.38. The zero-order valence-electron chi connectivity index (χ0n) is 14.0. The molecule has 1 heterocycles. The number of hydrogen-bond acceptors (Lipinski definition) is 3. The third kappa shape index (κ3) is 3.63. The molecule has 0 unspecified atom stereocenters. The third-order valence-electron chi connectivity index (χ3n) is 4.49. The number of H-pyrrole nitrogens is 1. The molecule has 0 spiro atoms. The number of fused-ring (bicyclic) bond motifs is 1. The highest BCUT2D eigenvalue weighted by Crippen LogP contribution is 2.20. The smallest absolute Gasteiger partial charge is 0.337 e. The molecule has 0 fully saturated rings. The highest BCUT2D eigenvalue weighted by atomic mass is 16.4. The molecule has 0 radical (unpaired) electrons. The number of hydrogen-bond donors (Lipinski definition) is 3. The van der Waals surface area contributed by atoms with E-state index in [1.165, 1.54) is 12.1 Å². The number of aromatic carboxylic acids is 1. The molecular formula is C19H20N2O4. The summed E-state index contributed by atoms with van der Waals surface area (Å²) in [5.41, 5.74) is 2.42. The maximum absolute atomic E-state index is 12.5. The van der Waals surface area contributed by atoms with Gasteiger partial charge < -0.3 is 15.4 Å². The number of benzene rings is 1. The quantitative estimate of drug-likeness (QED) is 0.748. The number of carbonyl (C=O) groups is 2. The Morgan fingerprint density at radius 1 is 1.08 bits per heavy atom. The van der Waals surface area contributed by atoms with E-state index in [1.807, 2.05) is 0 Å². The minimum Gasteiger partial charge on any atom is -0.478 e. The molecular weight excluding hydrogens is 320 g/mol. The van der Waals surface area contributed by atoms with Gasteiger partial charge in [-0.15, -0.1) is 0 Å². The molecule has 3 N–H and O–H groups in total. The number of nitrogens with one attached hydrogen (secondary N) is 2. The summed E-state index contributed by atoms with van der Waals surface area (Å²) in [7, 11) is 0. The molecule has 0 bridgehead atoms. The fraction of sp³-hybridized carbons (Fsp3) is 0.316. The van der Waals surface area contributed by atoms with Crippen LogP contribution in [-0.4, -0.2) is 22.0 Å². The molecule has 0 aliphatic heterocycles. The highest BCUT2D eigenvalue weighted by molar-refractivity contribution is 6.07.